The Hall–Kier alpha value is -1.88. The fraction of sp³-hybridized carbons (Fsp3) is 0.556. The second-order valence-electron chi connectivity index (χ2n) is 6.47. The van der Waals surface area contributed by atoms with Gasteiger partial charge in [-0.05, 0) is 18.4 Å². The molecule has 23 heavy (non-hydrogen) atoms. The van der Waals surface area contributed by atoms with Crippen molar-refractivity contribution in [2.75, 3.05) is 26.2 Å². The fourth-order valence-corrected chi connectivity index (χ4v) is 3.23. The first kappa shape index (κ1) is 16.0. The zero-order chi connectivity index (χ0) is 16.2. The van der Waals surface area contributed by atoms with Crippen molar-refractivity contribution in [3.8, 4) is 0 Å². The van der Waals surface area contributed by atoms with Gasteiger partial charge in [-0.3, -0.25) is 9.59 Å². The van der Waals surface area contributed by atoms with Crippen LogP contribution in [-0.4, -0.2) is 53.9 Å². The van der Waals surface area contributed by atoms with Gasteiger partial charge in [0.15, 0.2) is 0 Å². The lowest BCUT2D eigenvalue weighted by Crippen LogP contribution is -2.58. The number of piperidine rings is 1. The molecule has 1 aromatic rings. The molecule has 2 amide bonds. The summed E-state index contributed by atoms with van der Waals surface area (Å²) in [5, 5.41) is 0. The van der Waals surface area contributed by atoms with Crippen molar-refractivity contribution in [3.05, 3.63) is 35.9 Å². The summed E-state index contributed by atoms with van der Waals surface area (Å²) in [5.74, 6) is 0.202. The maximum Gasteiger partial charge on any atom is 0.227 e. The highest BCUT2D eigenvalue weighted by atomic mass is 16.5. The van der Waals surface area contributed by atoms with Gasteiger partial charge in [0.1, 0.15) is 0 Å². The van der Waals surface area contributed by atoms with Crippen molar-refractivity contribution in [1.82, 2.24) is 9.80 Å². The van der Waals surface area contributed by atoms with Crippen LogP contribution in [0.2, 0.25) is 0 Å². The molecule has 0 bridgehead atoms. The molecule has 5 heteroatoms. The van der Waals surface area contributed by atoms with Gasteiger partial charge in [0, 0.05) is 33.1 Å². The van der Waals surface area contributed by atoms with Crippen LogP contribution >= 0.6 is 0 Å². The topological polar surface area (TPSA) is 49.9 Å². The van der Waals surface area contributed by atoms with E-state index in [0.717, 1.165) is 24.9 Å². The summed E-state index contributed by atoms with van der Waals surface area (Å²) in [7, 11) is 0. The van der Waals surface area contributed by atoms with Crippen molar-refractivity contribution in [2.45, 2.75) is 32.5 Å². The predicted molar refractivity (Wildman–Crippen MR) is 86.6 cm³/mol. The molecular weight excluding hydrogens is 292 g/mol. The zero-order valence-electron chi connectivity index (χ0n) is 13.6. The van der Waals surface area contributed by atoms with Gasteiger partial charge in [-0.1, -0.05) is 30.3 Å². The molecule has 1 aromatic carbocycles. The SMILES string of the molecule is CC(=O)N1CCC[C@@H](C(=O)N2CC(OCc3ccccc3)C2)C1. The van der Waals surface area contributed by atoms with Gasteiger partial charge in [0.05, 0.1) is 18.6 Å². The average Bonchev–Trinajstić information content (AvgIpc) is 2.54. The number of rotatable bonds is 4. The van der Waals surface area contributed by atoms with Crippen molar-refractivity contribution in [2.24, 2.45) is 5.92 Å². The van der Waals surface area contributed by atoms with Crippen LogP contribution in [-0.2, 0) is 20.9 Å². The van der Waals surface area contributed by atoms with Gasteiger partial charge in [-0.15, -0.1) is 0 Å². The largest absolute Gasteiger partial charge is 0.370 e. The first-order chi connectivity index (χ1) is 11.1. The van der Waals surface area contributed by atoms with Crippen LogP contribution in [0.1, 0.15) is 25.3 Å². The number of likely N-dealkylation sites (tertiary alicyclic amines) is 2. The number of ether oxygens (including phenoxy) is 1. The maximum absolute atomic E-state index is 12.5. The van der Waals surface area contributed by atoms with Crippen molar-refractivity contribution in [1.29, 1.82) is 0 Å². The number of carbonyl (C=O) groups excluding carboxylic acids is 2. The van der Waals surface area contributed by atoms with Gasteiger partial charge >= 0.3 is 0 Å². The average molecular weight is 316 g/mol. The highest BCUT2D eigenvalue weighted by Gasteiger charge is 2.37. The summed E-state index contributed by atoms with van der Waals surface area (Å²) in [6, 6.07) is 10.1. The highest BCUT2D eigenvalue weighted by Crippen LogP contribution is 2.23. The Morgan fingerprint density at radius 3 is 2.57 bits per heavy atom. The van der Waals surface area contributed by atoms with Gasteiger partial charge in [-0.2, -0.15) is 0 Å². The molecule has 124 valence electrons. The number of carbonyl (C=O) groups is 2. The standard InChI is InChI=1S/C18H24N2O3/c1-14(21)19-9-5-8-16(10-19)18(22)20-11-17(12-20)23-13-15-6-3-2-4-7-15/h2-4,6-7,16-17H,5,8-13H2,1H3/t16-/m1/s1. The molecule has 0 aliphatic carbocycles. The van der Waals surface area contributed by atoms with E-state index < -0.39 is 0 Å². The molecule has 0 radical (unpaired) electrons. The van der Waals surface area contributed by atoms with Gasteiger partial charge < -0.3 is 14.5 Å². The third-order valence-corrected chi connectivity index (χ3v) is 4.70. The Balaban J connectivity index is 1.42. The zero-order valence-corrected chi connectivity index (χ0v) is 13.6. The lowest BCUT2D eigenvalue weighted by atomic mass is 9.95. The molecule has 1 atom stereocenters. The predicted octanol–water partition coefficient (Wildman–Crippen LogP) is 1.67. The smallest absolute Gasteiger partial charge is 0.227 e. The van der Waals surface area contributed by atoms with E-state index in [-0.39, 0.29) is 23.8 Å². The van der Waals surface area contributed by atoms with Crippen LogP contribution in [0, 0.1) is 5.92 Å². The maximum atomic E-state index is 12.5. The minimum absolute atomic E-state index is 0.0391. The molecule has 2 heterocycles. The van der Waals surface area contributed by atoms with E-state index in [9.17, 15) is 9.59 Å². The minimum atomic E-state index is -0.0391. The second kappa shape index (κ2) is 7.13. The number of hydrogen-bond acceptors (Lipinski definition) is 3. The van der Waals surface area contributed by atoms with E-state index in [1.54, 1.807) is 11.8 Å². The summed E-state index contributed by atoms with van der Waals surface area (Å²) < 4.78 is 5.83. The quantitative estimate of drug-likeness (QED) is 0.849. The summed E-state index contributed by atoms with van der Waals surface area (Å²) in [4.78, 5) is 27.6. The molecule has 0 unspecified atom stereocenters. The van der Waals surface area contributed by atoms with E-state index in [0.29, 0.717) is 26.2 Å². The number of benzene rings is 1. The summed E-state index contributed by atoms with van der Waals surface area (Å²) >= 11 is 0. The number of amides is 2. The van der Waals surface area contributed by atoms with E-state index in [1.807, 2.05) is 35.2 Å². The van der Waals surface area contributed by atoms with Crippen LogP contribution in [0.5, 0.6) is 0 Å². The summed E-state index contributed by atoms with van der Waals surface area (Å²) in [6.07, 6.45) is 1.93. The molecule has 2 aliphatic rings. The second-order valence-corrected chi connectivity index (χ2v) is 6.47. The minimum Gasteiger partial charge on any atom is -0.370 e. The summed E-state index contributed by atoms with van der Waals surface area (Å²) in [6.45, 7) is 4.85. The number of nitrogens with zero attached hydrogens (tertiary/aromatic N) is 2. The first-order valence-electron chi connectivity index (χ1n) is 8.33. The Labute approximate surface area is 137 Å². The molecule has 0 N–H and O–H groups in total. The van der Waals surface area contributed by atoms with Gasteiger partial charge in [0.25, 0.3) is 0 Å². The molecular formula is C18H24N2O3. The molecule has 5 nitrogen and oxygen atoms in total. The molecule has 0 aromatic heterocycles. The van der Waals surface area contributed by atoms with Gasteiger partial charge in [-0.25, -0.2) is 0 Å². The fourth-order valence-electron chi connectivity index (χ4n) is 3.23. The number of hydrogen-bond donors (Lipinski definition) is 0. The van der Waals surface area contributed by atoms with Gasteiger partial charge in [0.2, 0.25) is 11.8 Å². The Morgan fingerprint density at radius 1 is 1.13 bits per heavy atom. The van der Waals surface area contributed by atoms with E-state index >= 15 is 0 Å². The lowest BCUT2D eigenvalue weighted by molar-refractivity contribution is -0.153. The third kappa shape index (κ3) is 3.91. The van der Waals surface area contributed by atoms with E-state index in [4.69, 9.17) is 4.74 Å². The van der Waals surface area contributed by atoms with Crippen molar-refractivity contribution >= 4 is 11.8 Å². The molecule has 2 aliphatic heterocycles. The first-order valence-corrected chi connectivity index (χ1v) is 8.33. The lowest BCUT2D eigenvalue weighted by Gasteiger charge is -2.42. The van der Waals surface area contributed by atoms with Crippen molar-refractivity contribution in [3.63, 3.8) is 0 Å². The molecule has 0 saturated carbocycles. The monoisotopic (exact) mass is 316 g/mol. The van der Waals surface area contributed by atoms with Crippen LogP contribution in [0.15, 0.2) is 30.3 Å². The molecule has 2 fully saturated rings. The Morgan fingerprint density at radius 2 is 1.87 bits per heavy atom. The Kier molecular flexibility index (Phi) is 4.96. The Bertz CT molecular complexity index is 555. The van der Waals surface area contributed by atoms with E-state index in [2.05, 4.69) is 0 Å². The van der Waals surface area contributed by atoms with Crippen molar-refractivity contribution < 1.29 is 14.3 Å². The van der Waals surface area contributed by atoms with Crippen LogP contribution < -0.4 is 0 Å². The van der Waals surface area contributed by atoms with Crippen LogP contribution in [0.25, 0.3) is 0 Å². The van der Waals surface area contributed by atoms with Crippen LogP contribution in [0.4, 0.5) is 0 Å². The molecule has 0 spiro atoms. The normalized spacial score (nSPS) is 21.9. The summed E-state index contributed by atoms with van der Waals surface area (Å²) in [5.41, 5.74) is 1.15. The van der Waals surface area contributed by atoms with Crippen LogP contribution in [0.3, 0.4) is 0 Å². The highest BCUT2D eigenvalue weighted by molar-refractivity contribution is 5.81. The van der Waals surface area contributed by atoms with E-state index in [1.165, 1.54) is 0 Å². The molecule has 3 rings (SSSR count). The third-order valence-electron chi connectivity index (χ3n) is 4.70. The molecule has 2 saturated heterocycles.